The Balaban J connectivity index is 1.48. The predicted octanol–water partition coefficient (Wildman–Crippen LogP) is 3.07. The number of hydrogen-bond donors (Lipinski definition) is 2. The molecule has 2 aliphatic heterocycles. The molecule has 3 N–H and O–H groups in total. The van der Waals surface area contributed by atoms with Gasteiger partial charge in [0.1, 0.15) is 5.82 Å². The molecule has 2 aliphatic rings. The molecule has 2 fully saturated rings. The van der Waals surface area contributed by atoms with E-state index >= 15 is 0 Å². The quantitative estimate of drug-likeness (QED) is 0.571. The van der Waals surface area contributed by atoms with Crippen molar-refractivity contribution in [1.29, 1.82) is 0 Å². The number of pyridine rings is 1. The minimum Gasteiger partial charge on any atom is -0.381 e. The third kappa shape index (κ3) is 5.94. The Bertz CT molecular complexity index is 1130. The van der Waals surface area contributed by atoms with Crippen LogP contribution in [0.1, 0.15) is 54.4 Å². The Morgan fingerprint density at radius 2 is 1.83 bits per heavy atom. The predicted molar refractivity (Wildman–Crippen MR) is 138 cm³/mol. The van der Waals surface area contributed by atoms with Crippen molar-refractivity contribution in [2.24, 2.45) is 5.73 Å². The molecule has 4 rings (SSSR count). The second-order valence-corrected chi connectivity index (χ2v) is 11.5. The number of nitrogens with zero attached hydrogens (tertiary/aromatic N) is 3. The minimum atomic E-state index is -3.19. The molecule has 0 atom stereocenters. The number of hydrogen-bond acceptors (Lipinski definition) is 7. The zero-order chi connectivity index (χ0) is 25.0. The Labute approximate surface area is 207 Å². The lowest BCUT2D eigenvalue weighted by Crippen LogP contribution is -2.46. The number of anilines is 3. The fraction of sp³-hybridized carbons (Fsp3) is 0.520. The van der Waals surface area contributed by atoms with Crippen molar-refractivity contribution in [1.82, 2.24) is 9.29 Å². The van der Waals surface area contributed by atoms with Gasteiger partial charge in [-0.1, -0.05) is 12.1 Å². The van der Waals surface area contributed by atoms with Crippen LogP contribution < -0.4 is 16.0 Å². The maximum atomic E-state index is 12.2. The zero-order valence-electron chi connectivity index (χ0n) is 20.4. The molecule has 0 bridgehead atoms. The maximum absolute atomic E-state index is 12.2. The topological polar surface area (TPSA) is 118 Å². The van der Waals surface area contributed by atoms with E-state index in [1.807, 2.05) is 30.1 Å². The summed E-state index contributed by atoms with van der Waals surface area (Å²) in [7, 11) is -1.27. The minimum absolute atomic E-state index is 0.0883. The molecule has 1 aromatic heterocycles. The number of rotatable bonds is 8. The monoisotopic (exact) mass is 501 g/mol. The number of ether oxygens (including phenoxy) is 1. The highest BCUT2D eigenvalue weighted by Crippen LogP contribution is 2.31. The average Bonchev–Trinajstić information content (AvgIpc) is 2.89. The highest BCUT2D eigenvalue weighted by molar-refractivity contribution is 7.89. The van der Waals surface area contributed by atoms with Gasteiger partial charge in [-0.05, 0) is 56.2 Å². The first-order chi connectivity index (χ1) is 16.8. The van der Waals surface area contributed by atoms with E-state index in [0.717, 1.165) is 31.7 Å². The summed E-state index contributed by atoms with van der Waals surface area (Å²) in [5.74, 6) is 0.707. The Morgan fingerprint density at radius 3 is 2.43 bits per heavy atom. The van der Waals surface area contributed by atoms with Gasteiger partial charge >= 0.3 is 0 Å². The summed E-state index contributed by atoms with van der Waals surface area (Å²) in [6.07, 6.45) is 4.94. The van der Waals surface area contributed by atoms with Crippen LogP contribution in [-0.2, 0) is 14.8 Å². The van der Waals surface area contributed by atoms with Crippen LogP contribution in [0.4, 0.5) is 17.2 Å². The molecule has 1 amide bonds. The first-order valence-electron chi connectivity index (χ1n) is 12.2. The van der Waals surface area contributed by atoms with Crippen molar-refractivity contribution >= 4 is 33.1 Å². The van der Waals surface area contributed by atoms with Gasteiger partial charge in [-0.3, -0.25) is 4.79 Å². The molecule has 0 radical (unpaired) electrons. The van der Waals surface area contributed by atoms with Gasteiger partial charge in [0.25, 0.3) is 5.91 Å². The van der Waals surface area contributed by atoms with E-state index in [1.165, 1.54) is 11.8 Å². The van der Waals surface area contributed by atoms with Crippen LogP contribution in [0.2, 0.25) is 0 Å². The van der Waals surface area contributed by atoms with E-state index in [9.17, 15) is 13.2 Å². The van der Waals surface area contributed by atoms with E-state index in [-0.39, 0.29) is 11.8 Å². The molecule has 0 unspecified atom stereocenters. The van der Waals surface area contributed by atoms with Crippen LogP contribution in [-0.4, -0.2) is 68.8 Å². The number of carbonyl (C=O) groups excluding carboxylic acids is 1. The second-order valence-electron chi connectivity index (χ2n) is 9.23. The molecule has 2 saturated heterocycles. The van der Waals surface area contributed by atoms with E-state index in [4.69, 9.17) is 10.5 Å². The highest BCUT2D eigenvalue weighted by Gasteiger charge is 2.30. The Hall–Kier alpha value is -2.69. The second kappa shape index (κ2) is 10.9. The molecule has 1 aromatic carbocycles. The van der Waals surface area contributed by atoms with Crippen molar-refractivity contribution in [2.45, 2.75) is 44.6 Å². The van der Waals surface area contributed by atoms with Crippen molar-refractivity contribution in [2.75, 3.05) is 49.3 Å². The van der Waals surface area contributed by atoms with Gasteiger partial charge in [0.2, 0.25) is 10.0 Å². The smallest absolute Gasteiger partial charge is 0.252 e. The summed E-state index contributed by atoms with van der Waals surface area (Å²) in [6, 6.07) is 10.3. The number of amides is 1. The first kappa shape index (κ1) is 25.4. The molecule has 10 heteroatoms. The molecule has 0 aliphatic carbocycles. The third-order valence-electron chi connectivity index (χ3n) is 7.13. The van der Waals surface area contributed by atoms with Gasteiger partial charge in [-0.15, -0.1) is 0 Å². The SMILES string of the molecule is CCS(=O)(=O)N1CCC(N(C)c2cc(Nc3ccc(C4CCOCC4)cc3)ncc2C(N)=O)CC1. The van der Waals surface area contributed by atoms with Gasteiger partial charge in [-0.2, -0.15) is 0 Å². The van der Waals surface area contributed by atoms with Crippen molar-refractivity contribution in [3.8, 4) is 0 Å². The standard InChI is InChI=1S/C25H35N5O4S/c1-3-35(32,33)30-12-8-21(9-13-30)29(2)23-16-24(27-17-22(23)25(26)31)28-20-6-4-18(5-7-20)19-10-14-34-15-11-19/h4-7,16-17,19,21H,3,8-15H2,1-2H3,(H2,26,31)(H,27,28). The Morgan fingerprint density at radius 1 is 1.17 bits per heavy atom. The number of primary amides is 1. The third-order valence-corrected chi connectivity index (χ3v) is 9.01. The number of aromatic nitrogens is 1. The molecular formula is C25H35N5O4S. The first-order valence-corrected chi connectivity index (χ1v) is 13.8. The lowest BCUT2D eigenvalue weighted by molar-refractivity contribution is 0.0853. The number of nitrogens with one attached hydrogen (secondary N) is 1. The molecule has 3 heterocycles. The molecule has 0 spiro atoms. The summed E-state index contributed by atoms with van der Waals surface area (Å²) >= 11 is 0. The van der Waals surface area contributed by atoms with Crippen molar-refractivity contribution in [3.05, 3.63) is 47.7 Å². The van der Waals surface area contributed by atoms with Crippen LogP contribution >= 0.6 is 0 Å². The fourth-order valence-corrected chi connectivity index (χ4v) is 6.03. The Kier molecular flexibility index (Phi) is 7.93. The van der Waals surface area contributed by atoms with Gasteiger partial charge < -0.3 is 20.7 Å². The largest absolute Gasteiger partial charge is 0.381 e. The van der Waals surface area contributed by atoms with Crippen molar-refractivity contribution < 1.29 is 17.9 Å². The van der Waals surface area contributed by atoms with Crippen LogP contribution in [0.25, 0.3) is 0 Å². The van der Waals surface area contributed by atoms with E-state index in [2.05, 4.69) is 22.4 Å². The summed E-state index contributed by atoms with van der Waals surface area (Å²) < 4.78 is 31.4. The van der Waals surface area contributed by atoms with Crippen LogP contribution in [0.3, 0.4) is 0 Å². The fourth-order valence-electron chi connectivity index (χ4n) is 4.90. The molecule has 190 valence electrons. The van der Waals surface area contributed by atoms with E-state index in [0.29, 0.717) is 48.9 Å². The summed E-state index contributed by atoms with van der Waals surface area (Å²) in [5, 5.41) is 3.33. The van der Waals surface area contributed by atoms with E-state index in [1.54, 1.807) is 11.2 Å². The summed E-state index contributed by atoms with van der Waals surface area (Å²) in [6.45, 7) is 4.21. The van der Waals surface area contributed by atoms with Crippen LogP contribution in [0, 0.1) is 0 Å². The number of benzene rings is 1. The number of sulfonamides is 1. The number of carbonyl (C=O) groups is 1. The maximum Gasteiger partial charge on any atom is 0.252 e. The van der Waals surface area contributed by atoms with Gasteiger partial charge in [-0.25, -0.2) is 17.7 Å². The van der Waals surface area contributed by atoms with Crippen LogP contribution in [0.15, 0.2) is 36.5 Å². The summed E-state index contributed by atoms with van der Waals surface area (Å²) in [5.41, 5.74) is 8.90. The lowest BCUT2D eigenvalue weighted by atomic mass is 9.92. The molecule has 2 aromatic rings. The lowest BCUT2D eigenvalue weighted by Gasteiger charge is -2.37. The average molecular weight is 502 g/mol. The zero-order valence-corrected chi connectivity index (χ0v) is 21.3. The van der Waals surface area contributed by atoms with Gasteiger partial charge in [0, 0.05) is 57.3 Å². The molecular weight excluding hydrogens is 466 g/mol. The van der Waals surface area contributed by atoms with Gasteiger partial charge in [0.05, 0.1) is 17.0 Å². The molecule has 35 heavy (non-hydrogen) atoms. The number of piperidine rings is 1. The molecule has 9 nitrogen and oxygen atoms in total. The highest BCUT2D eigenvalue weighted by atomic mass is 32.2. The normalized spacial score (nSPS) is 18.3. The van der Waals surface area contributed by atoms with E-state index < -0.39 is 15.9 Å². The van der Waals surface area contributed by atoms with Crippen LogP contribution in [0.5, 0.6) is 0 Å². The molecule has 0 saturated carbocycles. The summed E-state index contributed by atoms with van der Waals surface area (Å²) in [4.78, 5) is 18.6. The number of nitrogens with two attached hydrogens (primary N) is 1. The van der Waals surface area contributed by atoms with Gasteiger partial charge in [0.15, 0.2) is 0 Å². The van der Waals surface area contributed by atoms with Crippen molar-refractivity contribution in [3.63, 3.8) is 0 Å².